The van der Waals surface area contributed by atoms with Crippen LogP contribution in [0.2, 0.25) is 0 Å². The largest absolute Gasteiger partial charge is 0.465 e. The summed E-state index contributed by atoms with van der Waals surface area (Å²) in [6, 6.07) is 6.51. The van der Waals surface area contributed by atoms with Crippen molar-refractivity contribution in [3.8, 4) is 0 Å². The van der Waals surface area contributed by atoms with E-state index in [-0.39, 0.29) is 23.6 Å². The lowest BCUT2D eigenvalue weighted by Crippen LogP contribution is -2.43. The average Bonchev–Trinajstić information content (AvgIpc) is 2.53. The molecule has 0 saturated carbocycles. The van der Waals surface area contributed by atoms with Gasteiger partial charge in [-0.05, 0) is 49.0 Å². The fourth-order valence-corrected chi connectivity index (χ4v) is 3.96. The highest BCUT2D eigenvalue weighted by atomic mass is 35.5. The number of nitrogens with one attached hydrogen (secondary N) is 2. The number of hydrogen-bond donors (Lipinski definition) is 2. The molecular weight excluding hydrogens is 352 g/mol. The Balaban J connectivity index is 0.00000288. The number of benzene rings is 1. The van der Waals surface area contributed by atoms with E-state index < -0.39 is 16.0 Å². The number of rotatable bonds is 6. The van der Waals surface area contributed by atoms with Crippen molar-refractivity contribution in [2.45, 2.75) is 25.5 Å². The molecule has 2 N–H and O–H groups in total. The van der Waals surface area contributed by atoms with E-state index in [2.05, 4.69) is 21.7 Å². The number of carbonyl (C=O) groups excluding carboxylic acids is 1. The van der Waals surface area contributed by atoms with Gasteiger partial charge in [-0.15, -0.1) is 12.4 Å². The lowest BCUT2D eigenvalue weighted by Gasteiger charge is -2.34. The lowest BCUT2D eigenvalue weighted by atomic mass is 9.81. The fourth-order valence-electron chi connectivity index (χ4n) is 2.67. The number of carbonyl (C=O) groups is 1. The molecule has 24 heavy (non-hydrogen) atoms. The van der Waals surface area contributed by atoms with Crippen LogP contribution in [0.5, 0.6) is 0 Å². The summed E-state index contributed by atoms with van der Waals surface area (Å²) in [7, 11) is -2.15. The summed E-state index contributed by atoms with van der Waals surface area (Å²) in [5.41, 5.74) is 0.910. The van der Waals surface area contributed by atoms with Crippen LogP contribution in [0.15, 0.2) is 24.3 Å². The van der Waals surface area contributed by atoms with E-state index in [1.807, 2.05) is 0 Å². The Morgan fingerprint density at radius 1 is 1.33 bits per heavy atom. The minimum atomic E-state index is -3.44. The zero-order valence-corrected chi connectivity index (χ0v) is 15.6. The van der Waals surface area contributed by atoms with Crippen LogP contribution < -0.4 is 10.0 Å². The Kier molecular flexibility index (Phi) is 7.66. The van der Waals surface area contributed by atoms with Crippen molar-refractivity contribution in [1.29, 1.82) is 0 Å². The molecule has 2 rings (SSSR count). The van der Waals surface area contributed by atoms with Crippen molar-refractivity contribution in [1.82, 2.24) is 10.0 Å². The van der Waals surface area contributed by atoms with Gasteiger partial charge in [0.05, 0.1) is 18.4 Å². The molecule has 1 aromatic rings. The predicted octanol–water partition coefficient (Wildman–Crippen LogP) is 1.70. The first-order chi connectivity index (χ1) is 10.8. The summed E-state index contributed by atoms with van der Waals surface area (Å²) in [6.45, 7) is 4.38. The zero-order chi connectivity index (χ0) is 16.9. The number of piperidine rings is 1. The van der Waals surface area contributed by atoms with Crippen molar-refractivity contribution in [3.05, 3.63) is 35.4 Å². The summed E-state index contributed by atoms with van der Waals surface area (Å²) in [5, 5.41) is 3.28. The molecule has 1 saturated heterocycles. The third-order valence-corrected chi connectivity index (χ3v) is 5.53. The summed E-state index contributed by atoms with van der Waals surface area (Å²) in [5.74, 6) is -0.619. The molecule has 0 radical (unpaired) electrons. The second kappa shape index (κ2) is 8.80. The smallest absolute Gasteiger partial charge is 0.337 e. The predicted molar refractivity (Wildman–Crippen MR) is 95.9 cm³/mol. The summed E-state index contributed by atoms with van der Waals surface area (Å²) in [6.07, 6.45) is 1.90. The Bertz CT molecular complexity index is 658. The van der Waals surface area contributed by atoms with Gasteiger partial charge >= 0.3 is 5.97 Å². The molecule has 1 aliphatic heterocycles. The van der Waals surface area contributed by atoms with E-state index in [0.29, 0.717) is 17.7 Å². The van der Waals surface area contributed by atoms with Crippen molar-refractivity contribution in [2.24, 2.45) is 5.41 Å². The summed E-state index contributed by atoms with van der Waals surface area (Å²) >= 11 is 0. The highest BCUT2D eigenvalue weighted by Gasteiger charge is 2.28. The summed E-state index contributed by atoms with van der Waals surface area (Å²) in [4.78, 5) is 11.5. The van der Waals surface area contributed by atoms with Crippen LogP contribution in [0.3, 0.4) is 0 Å². The molecule has 1 aromatic carbocycles. The molecule has 6 nitrogen and oxygen atoms in total. The number of methoxy groups -OCH3 is 1. The van der Waals surface area contributed by atoms with Crippen molar-refractivity contribution in [2.75, 3.05) is 26.7 Å². The number of ether oxygens (including phenoxy) is 1. The van der Waals surface area contributed by atoms with Crippen molar-refractivity contribution < 1.29 is 17.9 Å². The van der Waals surface area contributed by atoms with Crippen LogP contribution in [-0.2, 0) is 20.5 Å². The Morgan fingerprint density at radius 3 is 2.62 bits per heavy atom. The lowest BCUT2D eigenvalue weighted by molar-refractivity contribution is 0.0600. The van der Waals surface area contributed by atoms with E-state index in [1.165, 1.54) is 7.11 Å². The molecular formula is C16H25ClN2O4S. The SMILES string of the molecule is COC(=O)c1cccc(CS(=O)(=O)NCC2(C)CCNCC2)c1.Cl. The number of halogens is 1. The molecule has 0 bridgehead atoms. The van der Waals surface area contributed by atoms with Crippen LogP contribution in [0.25, 0.3) is 0 Å². The van der Waals surface area contributed by atoms with Crippen LogP contribution in [0.1, 0.15) is 35.7 Å². The standard InChI is InChI=1S/C16H24N2O4S.ClH/c1-16(6-8-17-9-7-16)12-18-23(20,21)11-13-4-3-5-14(10-13)15(19)22-2;/h3-5,10,17-18H,6-9,11-12H2,1-2H3;1H. The molecule has 1 heterocycles. The van der Waals surface area contributed by atoms with Crippen molar-refractivity contribution in [3.63, 3.8) is 0 Å². The molecule has 136 valence electrons. The van der Waals surface area contributed by atoms with Gasteiger partial charge < -0.3 is 10.1 Å². The molecule has 1 fully saturated rings. The number of hydrogen-bond acceptors (Lipinski definition) is 5. The molecule has 0 aliphatic carbocycles. The Morgan fingerprint density at radius 2 is 2.00 bits per heavy atom. The molecule has 0 aromatic heterocycles. The highest BCUT2D eigenvalue weighted by molar-refractivity contribution is 7.88. The van der Waals surface area contributed by atoms with E-state index in [0.717, 1.165) is 25.9 Å². The first kappa shape index (κ1) is 20.9. The third-order valence-electron chi connectivity index (χ3n) is 4.23. The van der Waals surface area contributed by atoms with Crippen LogP contribution in [0.4, 0.5) is 0 Å². The zero-order valence-electron chi connectivity index (χ0n) is 14.0. The summed E-state index contributed by atoms with van der Waals surface area (Å²) < 4.78 is 31.9. The molecule has 0 unspecified atom stereocenters. The van der Waals surface area contributed by atoms with Gasteiger partial charge in [0.1, 0.15) is 0 Å². The van der Waals surface area contributed by atoms with Gasteiger partial charge in [-0.3, -0.25) is 0 Å². The molecule has 1 aliphatic rings. The average molecular weight is 377 g/mol. The van der Waals surface area contributed by atoms with Gasteiger partial charge in [-0.25, -0.2) is 17.9 Å². The Labute approximate surface area is 149 Å². The maximum absolute atomic E-state index is 12.3. The molecule has 8 heteroatoms. The molecule has 0 atom stereocenters. The molecule has 0 amide bonds. The first-order valence-electron chi connectivity index (χ1n) is 7.69. The topological polar surface area (TPSA) is 84.5 Å². The number of sulfonamides is 1. The maximum atomic E-state index is 12.3. The second-order valence-corrected chi connectivity index (χ2v) is 8.14. The van der Waals surface area contributed by atoms with Gasteiger partial charge in [0.25, 0.3) is 0 Å². The molecule has 0 spiro atoms. The van der Waals surface area contributed by atoms with E-state index in [4.69, 9.17) is 0 Å². The third kappa shape index (κ3) is 6.05. The first-order valence-corrected chi connectivity index (χ1v) is 9.34. The van der Waals surface area contributed by atoms with Gasteiger partial charge in [0.2, 0.25) is 10.0 Å². The maximum Gasteiger partial charge on any atom is 0.337 e. The van der Waals surface area contributed by atoms with Gasteiger partial charge in [-0.1, -0.05) is 19.1 Å². The fraction of sp³-hybridized carbons (Fsp3) is 0.562. The van der Waals surface area contributed by atoms with Crippen LogP contribution >= 0.6 is 12.4 Å². The van der Waals surface area contributed by atoms with E-state index in [1.54, 1.807) is 24.3 Å². The van der Waals surface area contributed by atoms with Gasteiger partial charge in [0.15, 0.2) is 0 Å². The van der Waals surface area contributed by atoms with Gasteiger partial charge in [-0.2, -0.15) is 0 Å². The monoisotopic (exact) mass is 376 g/mol. The highest BCUT2D eigenvalue weighted by Crippen LogP contribution is 2.27. The normalized spacial score (nSPS) is 16.9. The van der Waals surface area contributed by atoms with Crippen LogP contribution in [-0.4, -0.2) is 41.1 Å². The minimum Gasteiger partial charge on any atom is -0.465 e. The van der Waals surface area contributed by atoms with E-state index >= 15 is 0 Å². The number of esters is 1. The van der Waals surface area contributed by atoms with E-state index in [9.17, 15) is 13.2 Å². The van der Waals surface area contributed by atoms with Crippen molar-refractivity contribution >= 4 is 28.4 Å². The van der Waals surface area contributed by atoms with Crippen LogP contribution in [0, 0.1) is 5.41 Å². The quantitative estimate of drug-likeness (QED) is 0.738. The second-order valence-electron chi connectivity index (χ2n) is 6.33. The van der Waals surface area contributed by atoms with Gasteiger partial charge in [0, 0.05) is 6.54 Å². The Hall–Kier alpha value is -1.15. The minimum absolute atomic E-state index is 0.